The van der Waals surface area contributed by atoms with Gasteiger partial charge < -0.3 is 0 Å². The fourth-order valence-corrected chi connectivity index (χ4v) is 22.4. The average molecular weight is 608 g/mol. The summed E-state index contributed by atoms with van der Waals surface area (Å²) in [4.78, 5) is 0. The minimum absolute atomic E-state index is 1.37. The molecule has 0 aromatic carbocycles. The van der Waals surface area contributed by atoms with Crippen molar-refractivity contribution in [3.05, 3.63) is 0 Å². The SMILES string of the molecule is CCCCCCCC[As](Br)(CCCCCCCC)(CCCCCCCC)CCCCCCCC. The van der Waals surface area contributed by atoms with E-state index in [4.69, 9.17) is 13.9 Å². The summed E-state index contributed by atoms with van der Waals surface area (Å²) < 4.78 is 0. The molecule has 0 aliphatic carbocycles. The normalized spacial score (nSPS) is 13.3. The molecule has 208 valence electrons. The summed E-state index contributed by atoms with van der Waals surface area (Å²) in [7, 11) is -2.42. The van der Waals surface area contributed by atoms with E-state index in [-0.39, 0.29) is 0 Å². The fraction of sp³-hybridized carbons (Fsp3) is 1.00. The third kappa shape index (κ3) is 20.1. The molecule has 0 aromatic heterocycles. The zero-order valence-corrected chi connectivity index (χ0v) is 28.1. The second kappa shape index (κ2) is 24.4. The van der Waals surface area contributed by atoms with Gasteiger partial charge >= 0.3 is 227 Å². The summed E-state index contributed by atoms with van der Waals surface area (Å²) in [5, 5.41) is 6.40. The van der Waals surface area contributed by atoms with Crippen LogP contribution in [0, 0.1) is 0 Å². The first-order chi connectivity index (χ1) is 16.5. The maximum absolute atomic E-state index is 4.80. The Kier molecular flexibility index (Phi) is 25.1. The van der Waals surface area contributed by atoms with Crippen molar-refractivity contribution in [3.8, 4) is 0 Å². The van der Waals surface area contributed by atoms with E-state index in [9.17, 15) is 0 Å². The van der Waals surface area contributed by atoms with Gasteiger partial charge in [-0.1, -0.05) is 0 Å². The Labute approximate surface area is 226 Å². The maximum atomic E-state index is 4.80. The van der Waals surface area contributed by atoms with Gasteiger partial charge in [-0.2, -0.15) is 0 Å². The van der Waals surface area contributed by atoms with Crippen molar-refractivity contribution in [2.45, 2.75) is 203 Å². The predicted octanol–water partition coefficient (Wildman–Crippen LogP) is 13.7. The first-order valence-corrected chi connectivity index (χ1v) is 26.0. The van der Waals surface area contributed by atoms with Crippen molar-refractivity contribution >= 4 is 24.5 Å². The molecule has 0 radical (unpaired) electrons. The summed E-state index contributed by atoms with van der Waals surface area (Å²) in [5.74, 6) is 0. The van der Waals surface area contributed by atoms with Gasteiger partial charge in [-0.05, 0) is 0 Å². The van der Waals surface area contributed by atoms with Crippen LogP contribution in [-0.2, 0) is 0 Å². The summed E-state index contributed by atoms with van der Waals surface area (Å²) in [5.41, 5.74) is 0. The van der Waals surface area contributed by atoms with Crippen LogP contribution in [-0.4, -0.2) is 10.6 Å². The Morgan fingerprint density at radius 2 is 0.471 bits per heavy atom. The molecule has 0 nitrogen and oxygen atoms in total. The molecule has 0 unspecified atom stereocenters. The summed E-state index contributed by atoms with van der Waals surface area (Å²) in [6, 6.07) is 0. The summed E-state index contributed by atoms with van der Waals surface area (Å²) in [6.45, 7) is 9.37. The molecule has 0 aromatic rings. The van der Waals surface area contributed by atoms with Crippen molar-refractivity contribution in [2.75, 3.05) is 0 Å². The Morgan fingerprint density at radius 3 is 0.676 bits per heavy atom. The standard InChI is InChI=1S/C32H68AsBr/c1-5-9-13-17-21-25-29-33(34,30-26-22-18-14-10-6-2,31-27-23-19-15-11-7-3)32-28-24-20-16-12-8-4/h5-32H2,1-4H3. The van der Waals surface area contributed by atoms with E-state index < -0.39 is 10.6 Å². The van der Waals surface area contributed by atoms with Crippen molar-refractivity contribution in [1.82, 2.24) is 0 Å². The van der Waals surface area contributed by atoms with Gasteiger partial charge in [-0.3, -0.25) is 0 Å². The molecule has 0 saturated carbocycles. The Morgan fingerprint density at radius 1 is 0.294 bits per heavy atom. The first-order valence-electron chi connectivity index (χ1n) is 16.3. The third-order valence-corrected chi connectivity index (χ3v) is 27.7. The van der Waals surface area contributed by atoms with Crippen LogP contribution >= 0.6 is 13.9 Å². The molecule has 0 fully saturated rings. The number of halogens is 1. The second-order valence-electron chi connectivity index (χ2n) is 11.8. The minimum atomic E-state index is -2.42. The Hall–Kier alpha value is 1.04. The fourth-order valence-electron chi connectivity index (χ4n) is 5.82. The monoisotopic (exact) mass is 606 g/mol. The van der Waals surface area contributed by atoms with Crippen LogP contribution < -0.4 is 0 Å². The molecule has 2 heteroatoms. The number of rotatable bonds is 28. The molecule has 34 heavy (non-hydrogen) atoms. The van der Waals surface area contributed by atoms with Crippen molar-refractivity contribution in [2.24, 2.45) is 0 Å². The van der Waals surface area contributed by atoms with E-state index in [1.807, 2.05) is 0 Å². The zero-order chi connectivity index (χ0) is 25.2. The first kappa shape index (κ1) is 35.0. The van der Waals surface area contributed by atoms with Crippen LogP contribution in [0.2, 0.25) is 20.8 Å². The van der Waals surface area contributed by atoms with Gasteiger partial charge in [0, 0.05) is 0 Å². The number of hydrogen-bond acceptors (Lipinski definition) is 0. The molecule has 0 saturated heterocycles. The molecule has 0 N–H and O–H groups in total. The quantitative estimate of drug-likeness (QED) is 0.0613. The van der Waals surface area contributed by atoms with E-state index in [2.05, 4.69) is 27.7 Å². The molecule has 0 amide bonds. The van der Waals surface area contributed by atoms with Crippen molar-refractivity contribution < 1.29 is 0 Å². The molecule has 0 heterocycles. The number of hydrogen-bond donors (Lipinski definition) is 0. The summed E-state index contributed by atoms with van der Waals surface area (Å²) in [6.07, 6.45) is 35.0. The second-order valence-corrected chi connectivity index (χ2v) is 33.6. The number of unbranched alkanes of at least 4 members (excludes halogenated alkanes) is 20. The van der Waals surface area contributed by atoms with Gasteiger partial charge in [0.25, 0.3) is 0 Å². The van der Waals surface area contributed by atoms with Crippen LogP contribution in [0.5, 0.6) is 0 Å². The third-order valence-electron chi connectivity index (χ3n) is 8.28. The van der Waals surface area contributed by atoms with E-state index >= 15 is 0 Å². The molecule has 0 aliphatic heterocycles. The predicted molar refractivity (Wildman–Crippen MR) is 167 cm³/mol. The van der Waals surface area contributed by atoms with E-state index in [1.165, 1.54) is 154 Å². The van der Waals surface area contributed by atoms with E-state index in [0.717, 1.165) is 0 Å². The van der Waals surface area contributed by atoms with Crippen LogP contribution in [0.4, 0.5) is 0 Å². The van der Waals surface area contributed by atoms with Gasteiger partial charge in [-0.25, -0.2) is 0 Å². The molecule has 0 bridgehead atoms. The molecule has 0 atom stereocenters. The molecular formula is C32H68AsBr. The van der Waals surface area contributed by atoms with Gasteiger partial charge in [0.2, 0.25) is 0 Å². The Balaban J connectivity index is 5.00. The van der Waals surface area contributed by atoms with E-state index in [1.54, 1.807) is 20.8 Å². The van der Waals surface area contributed by atoms with Gasteiger partial charge in [0.15, 0.2) is 0 Å². The van der Waals surface area contributed by atoms with Crippen molar-refractivity contribution in [1.29, 1.82) is 0 Å². The molecule has 0 rings (SSSR count). The molecular weight excluding hydrogens is 539 g/mol. The van der Waals surface area contributed by atoms with Gasteiger partial charge in [-0.15, -0.1) is 0 Å². The molecule has 0 spiro atoms. The van der Waals surface area contributed by atoms with Crippen LogP contribution in [0.25, 0.3) is 0 Å². The van der Waals surface area contributed by atoms with Gasteiger partial charge in [0.05, 0.1) is 0 Å². The average Bonchev–Trinajstić information content (AvgIpc) is 2.83. The summed E-state index contributed by atoms with van der Waals surface area (Å²) >= 11 is 4.80. The van der Waals surface area contributed by atoms with Crippen LogP contribution in [0.3, 0.4) is 0 Å². The molecule has 0 aliphatic rings. The van der Waals surface area contributed by atoms with Gasteiger partial charge in [0.1, 0.15) is 0 Å². The van der Waals surface area contributed by atoms with Crippen molar-refractivity contribution in [3.63, 3.8) is 0 Å². The zero-order valence-electron chi connectivity index (χ0n) is 24.6. The van der Waals surface area contributed by atoms with Crippen LogP contribution in [0.1, 0.15) is 182 Å². The topological polar surface area (TPSA) is 0 Å². The van der Waals surface area contributed by atoms with E-state index in [0.29, 0.717) is 0 Å². The van der Waals surface area contributed by atoms with Crippen LogP contribution in [0.15, 0.2) is 0 Å². The Bertz CT molecular complexity index is 332.